The molecule has 0 bridgehead atoms. The fraction of sp³-hybridized carbons (Fsp3) is 0.700. The maximum absolute atomic E-state index is 12.7. The Bertz CT molecular complexity index is 763. The van der Waals surface area contributed by atoms with E-state index in [1.165, 1.54) is 20.9 Å². The Morgan fingerprint density at radius 1 is 1.03 bits per heavy atom. The van der Waals surface area contributed by atoms with Crippen LogP contribution in [-0.2, 0) is 28.7 Å². The molecule has 0 saturated heterocycles. The number of imide groups is 1. The Labute approximate surface area is 201 Å². The van der Waals surface area contributed by atoms with Gasteiger partial charge in [-0.1, -0.05) is 0 Å². The third-order valence-corrected chi connectivity index (χ3v) is 4.96. The summed E-state index contributed by atoms with van der Waals surface area (Å²) in [5.41, 5.74) is 0. The number of aliphatic hydroxyl groups excluding tert-OH is 3. The fourth-order valence-corrected chi connectivity index (χ4v) is 3.03. The number of carboxylic acid groups (broad SMARTS) is 1. The fourth-order valence-electron chi connectivity index (χ4n) is 3.03. The molecular weight excluding hydrogens is 472 g/mol. The Balaban J connectivity index is 5.58. The molecule has 0 aliphatic heterocycles. The van der Waals surface area contributed by atoms with E-state index in [2.05, 4.69) is 16.0 Å². The van der Waals surface area contributed by atoms with E-state index < -0.39 is 85.2 Å². The van der Waals surface area contributed by atoms with Gasteiger partial charge in [0.25, 0.3) is 0 Å². The first-order valence-corrected chi connectivity index (χ1v) is 10.7. The van der Waals surface area contributed by atoms with Crippen LogP contribution in [-0.4, -0.2) is 107 Å². The van der Waals surface area contributed by atoms with Crippen molar-refractivity contribution in [3.8, 4) is 0 Å². The standard InChI is InChI=1S/C20H34N4O11/c1-9(12(5-6-15(29)30)19(33)24-20(34)21-4)22-18(32)10(2)35-17(16(31)14(28)8-26)13(7-25)23-11(3)27/h7,9-10,12-14,16-17,26,28,31H,5-6,8H2,1-4H3,(H,22,32)(H,23,27)(H,29,30)(H2,21,24,33,34)/t9?,10?,12?,13-,14+,16+,17+/m0/s1. The van der Waals surface area contributed by atoms with E-state index >= 15 is 0 Å². The van der Waals surface area contributed by atoms with Crippen LogP contribution >= 0.6 is 0 Å². The van der Waals surface area contributed by atoms with Crippen molar-refractivity contribution in [2.75, 3.05) is 13.7 Å². The van der Waals surface area contributed by atoms with Crippen molar-refractivity contribution in [3.05, 3.63) is 0 Å². The molecule has 0 aromatic carbocycles. The Morgan fingerprint density at radius 3 is 2.09 bits per heavy atom. The van der Waals surface area contributed by atoms with Gasteiger partial charge >= 0.3 is 12.0 Å². The van der Waals surface area contributed by atoms with Crippen LogP contribution in [0.3, 0.4) is 0 Å². The average Bonchev–Trinajstić information content (AvgIpc) is 2.79. The molecule has 3 unspecified atom stereocenters. The van der Waals surface area contributed by atoms with Crippen LogP contribution in [0, 0.1) is 5.92 Å². The maximum Gasteiger partial charge on any atom is 0.321 e. The lowest BCUT2D eigenvalue weighted by Crippen LogP contribution is -2.57. The molecule has 0 aromatic rings. The molecular formula is C20H34N4O11. The Kier molecular flexibility index (Phi) is 14.3. The zero-order chi connectivity index (χ0) is 27.3. The van der Waals surface area contributed by atoms with Gasteiger partial charge in [-0.25, -0.2) is 4.79 Å². The Hall–Kier alpha value is -3.14. The molecule has 0 fully saturated rings. The van der Waals surface area contributed by atoms with Crippen LogP contribution < -0.4 is 21.3 Å². The number of ether oxygens (including phenoxy) is 1. The van der Waals surface area contributed by atoms with Gasteiger partial charge in [0, 0.05) is 26.4 Å². The van der Waals surface area contributed by atoms with Crippen LogP contribution in [0.2, 0.25) is 0 Å². The normalized spacial score (nSPS) is 16.9. The zero-order valence-corrected chi connectivity index (χ0v) is 19.9. The van der Waals surface area contributed by atoms with Crippen molar-refractivity contribution >= 4 is 36.0 Å². The largest absolute Gasteiger partial charge is 0.481 e. The van der Waals surface area contributed by atoms with Gasteiger partial charge in [-0.05, 0) is 20.3 Å². The predicted octanol–water partition coefficient (Wildman–Crippen LogP) is -3.38. The summed E-state index contributed by atoms with van der Waals surface area (Å²) < 4.78 is 5.43. The molecule has 0 spiro atoms. The van der Waals surface area contributed by atoms with Gasteiger partial charge in [0.2, 0.25) is 17.7 Å². The van der Waals surface area contributed by atoms with Crippen LogP contribution in [0.4, 0.5) is 4.79 Å². The molecule has 7 atom stereocenters. The quantitative estimate of drug-likeness (QED) is 0.102. The first-order chi connectivity index (χ1) is 16.3. The van der Waals surface area contributed by atoms with Gasteiger partial charge in [-0.3, -0.25) is 24.5 Å². The minimum Gasteiger partial charge on any atom is -0.481 e. The summed E-state index contributed by atoms with van der Waals surface area (Å²) in [4.78, 5) is 70.4. The monoisotopic (exact) mass is 506 g/mol. The molecule has 15 nitrogen and oxygen atoms in total. The zero-order valence-electron chi connectivity index (χ0n) is 19.9. The molecule has 0 rings (SSSR count). The average molecular weight is 507 g/mol. The summed E-state index contributed by atoms with van der Waals surface area (Å²) in [5, 5.41) is 46.9. The minimum absolute atomic E-state index is 0.214. The van der Waals surface area contributed by atoms with Crippen LogP contribution in [0.25, 0.3) is 0 Å². The number of hydrogen-bond acceptors (Lipinski definition) is 10. The second-order valence-electron chi connectivity index (χ2n) is 7.75. The van der Waals surface area contributed by atoms with Crippen LogP contribution in [0.1, 0.15) is 33.6 Å². The molecule has 15 heteroatoms. The number of carboxylic acids is 1. The second kappa shape index (κ2) is 15.7. The maximum atomic E-state index is 12.7. The van der Waals surface area contributed by atoms with Crippen molar-refractivity contribution in [2.45, 2.75) is 70.1 Å². The van der Waals surface area contributed by atoms with E-state index in [4.69, 9.17) is 14.9 Å². The summed E-state index contributed by atoms with van der Waals surface area (Å²) in [5.74, 6) is -4.68. The molecule has 5 amide bonds. The highest BCUT2D eigenvalue weighted by molar-refractivity contribution is 5.96. The van der Waals surface area contributed by atoms with Gasteiger partial charge < -0.3 is 45.9 Å². The molecule has 0 aliphatic carbocycles. The number of aliphatic hydroxyl groups is 3. The van der Waals surface area contributed by atoms with Crippen molar-refractivity contribution in [1.82, 2.24) is 21.3 Å². The number of aliphatic carboxylic acids is 1. The van der Waals surface area contributed by atoms with E-state index in [9.17, 15) is 39.0 Å². The van der Waals surface area contributed by atoms with Crippen molar-refractivity contribution < 1.29 is 53.9 Å². The molecule has 200 valence electrons. The van der Waals surface area contributed by atoms with Crippen molar-refractivity contribution in [3.63, 3.8) is 0 Å². The number of carbonyl (C=O) groups excluding carboxylic acids is 5. The summed E-state index contributed by atoms with van der Waals surface area (Å²) in [6.45, 7) is 2.80. The van der Waals surface area contributed by atoms with E-state index in [1.807, 2.05) is 5.32 Å². The molecule has 35 heavy (non-hydrogen) atoms. The molecule has 0 aliphatic rings. The Morgan fingerprint density at radius 2 is 1.63 bits per heavy atom. The summed E-state index contributed by atoms with van der Waals surface area (Å²) in [6.07, 6.45) is -7.12. The molecule has 0 heterocycles. The topological polar surface area (TPSA) is 241 Å². The molecule has 0 saturated carbocycles. The van der Waals surface area contributed by atoms with Crippen LogP contribution in [0.15, 0.2) is 0 Å². The lowest BCUT2D eigenvalue weighted by atomic mass is 9.94. The van der Waals surface area contributed by atoms with Crippen LogP contribution in [0.5, 0.6) is 0 Å². The number of hydrogen-bond donors (Lipinski definition) is 8. The summed E-state index contributed by atoms with van der Waals surface area (Å²) in [7, 11) is 1.27. The predicted molar refractivity (Wildman–Crippen MR) is 118 cm³/mol. The third-order valence-electron chi connectivity index (χ3n) is 4.96. The lowest BCUT2D eigenvalue weighted by Gasteiger charge is -2.32. The van der Waals surface area contributed by atoms with E-state index in [-0.39, 0.29) is 12.7 Å². The third kappa shape index (κ3) is 11.2. The number of urea groups is 1. The van der Waals surface area contributed by atoms with Gasteiger partial charge in [0.15, 0.2) is 0 Å². The highest BCUT2D eigenvalue weighted by atomic mass is 16.5. The number of nitrogens with one attached hydrogen (secondary N) is 4. The van der Waals surface area contributed by atoms with E-state index in [0.717, 1.165) is 6.92 Å². The smallest absolute Gasteiger partial charge is 0.321 e. The molecule has 0 radical (unpaired) electrons. The minimum atomic E-state index is -1.88. The van der Waals surface area contributed by atoms with E-state index in [1.54, 1.807) is 0 Å². The lowest BCUT2D eigenvalue weighted by molar-refractivity contribution is -0.157. The van der Waals surface area contributed by atoms with Crippen molar-refractivity contribution in [1.29, 1.82) is 0 Å². The summed E-state index contributed by atoms with van der Waals surface area (Å²) >= 11 is 0. The number of carbonyl (C=O) groups is 6. The van der Waals surface area contributed by atoms with Gasteiger partial charge in [0.1, 0.15) is 36.7 Å². The number of rotatable bonds is 15. The summed E-state index contributed by atoms with van der Waals surface area (Å²) in [6, 6.07) is -3.30. The SMILES string of the molecule is CNC(=O)NC(=O)C(CCC(=O)O)C(C)NC(=O)C(C)O[C@@H]([C@H](O)[C@H](O)CO)[C@H](C=O)NC(C)=O. The first-order valence-electron chi connectivity index (χ1n) is 10.7. The highest BCUT2D eigenvalue weighted by Gasteiger charge is 2.37. The second-order valence-corrected chi connectivity index (χ2v) is 7.75. The van der Waals surface area contributed by atoms with Crippen molar-refractivity contribution in [2.24, 2.45) is 5.92 Å². The number of amides is 5. The molecule has 8 N–H and O–H groups in total. The van der Waals surface area contributed by atoms with E-state index in [0.29, 0.717) is 0 Å². The first kappa shape index (κ1) is 31.9. The van der Waals surface area contributed by atoms with Gasteiger partial charge in [0.05, 0.1) is 12.5 Å². The van der Waals surface area contributed by atoms with Gasteiger partial charge in [-0.15, -0.1) is 0 Å². The molecule has 0 aromatic heterocycles. The van der Waals surface area contributed by atoms with Gasteiger partial charge in [-0.2, -0.15) is 0 Å². The highest BCUT2D eigenvalue weighted by Crippen LogP contribution is 2.15. The number of aldehydes is 1.